The predicted molar refractivity (Wildman–Crippen MR) is 67.6 cm³/mol. The van der Waals surface area contributed by atoms with Crippen molar-refractivity contribution in [2.24, 2.45) is 5.92 Å². The van der Waals surface area contributed by atoms with Gasteiger partial charge in [-0.25, -0.2) is 0 Å². The number of nitrogens with zero attached hydrogens (tertiary/aromatic N) is 2. The highest BCUT2D eigenvalue weighted by Gasteiger charge is 2.28. The second kappa shape index (κ2) is 6.37. The van der Waals surface area contributed by atoms with Gasteiger partial charge in [0.25, 0.3) is 0 Å². The zero-order valence-electron chi connectivity index (χ0n) is 10.9. The number of hydrogen-bond donors (Lipinski definition) is 0. The zero-order chi connectivity index (χ0) is 12.1. The van der Waals surface area contributed by atoms with Crippen molar-refractivity contribution in [2.75, 3.05) is 19.7 Å². The first-order valence-electron chi connectivity index (χ1n) is 7.08. The monoisotopic (exact) mass is 236 g/mol. The van der Waals surface area contributed by atoms with Crippen molar-refractivity contribution in [1.82, 2.24) is 4.90 Å². The second-order valence-electron chi connectivity index (χ2n) is 5.33. The summed E-state index contributed by atoms with van der Waals surface area (Å²) < 4.78 is 5.68. The van der Waals surface area contributed by atoms with Crippen molar-refractivity contribution in [2.45, 2.75) is 57.6 Å². The van der Waals surface area contributed by atoms with Crippen LogP contribution in [-0.2, 0) is 4.74 Å². The van der Waals surface area contributed by atoms with Crippen LogP contribution in [0.2, 0.25) is 0 Å². The van der Waals surface area contributed by atoms with Gasteiger partial charge in [0, 0.05) is 31.7 Å². The van der Waals surface area contributed by atoms with Crippen molar-refractivity contribution >= 4 is 0 Å². The summed E-state index contributed by atoms with van der Waals surface area (Å²) in [7, 11) is 0. The normalized spacial score (nSPS) is 32.2. The number of nitriles is 1. The van der Waals surface area contributed by atoms with Crippen molar-refractivity contribution in [3.8, 4) is 6.07 Å². The predicted octanol–water partition coefficient (Wildman–Crippen LogP) is 2.57. The number of ether oxygens (including phenoxy) is 1. The molecule has 17 heavy (non-hydrogen) atoms. The molecule has 0 spiro atoms. The Morgan fingerprint density at radius 1 is 1.12 bits per heavy atom. The van der Waals surface area contributed by atoms with Crippen molar-refractivity contribution in [3.05, 3.63) is 0 Å². The van der Waals surface area contributed by atoms with Crippen LogP contribution in [0.25, 0.3) is 0 Å². The molecule has 0 radical (unpaired) electrons. The highest BCUT2D eigenvalue weighted by atomic mass is 16.5. The Bertz CT molecular complexity index is 258. The van der Waals surface area contributed by atoms with E-state index >= 15 is 0 Å². The average molecular weight is 236 g/mol. The van der Waals surface area contributed by atoms with Crippen LogP contribution < -0.4 is 0 Å². The van der Waals surface area contributed by atoms with E-state index in [1.807, 2.05) is 0 Å². The number of hydrogen-bond acceptors (Lipinski definition) is 3. The molecule has 0 aromatic heterocycles. The summed E-state index contributed by atoms with van der Waals surface area (Å²) in [6.45, 7) is 5.30. The van der Waals surface area contributed by atoms with E-state index in [4.69, 9.17) is 10.00 Å². The Hall–Kier alpha value is -0.590. The van der Waals surface area contributed by atoms with E-state index in [9.17, 15) is 0 Å². The molecule has 0 atom stereocenters. The zero-order valence-corrected chi connectivity index (χ0v) is 10.9. The van der Waals surface area contributed by atoms with Crippen LogP contribution in [-0.4, -0.2) is 36.7 Å². The molecular formula is C14H24N2O. The maximum atomic E-state index is 8.90. The molecule has 1 aliphatic heterocycles. The largest absolute Gasteiger partial charge is 0.378 e. The molecule has 3 nitrogen and oxygen atoms in total. The van der Waals surface area contributed by atoms with Crippen molar-refractivity contribution in [3.63, 3.8) is 0 Å². The van der Waals surface area contributed by atoms with Gasteiger partial charge in [-0.3, -0.25) is 0 Å². The van der Waals surface area contributed by atoms with Crippen LogP contribution >= 0.6 is 0 Å². The van der Waals surface area contributed by atoms with E-state index in [1.54, 1.807) is 0 Å². The smallest absolute Gasteiger partial charge is 0.0655 e. The molecule has 0 unspecified atom stereocenters. The molecule has 0 aromatic rings. The third-order valence-electron chi connectivity index (χ3n) is 4.27. The van der Waals surface area contributed by atoms with Gasteiger partial charge in [0.2, 0.25) is 0 Å². The topological polar surface area (TPSA) is 36.3 Å². The summed E-state index contributed by atoms with van der Waals surface area (Å²) in [6, 6.07) is 3.15. The van der Waals surface area contributed by atoms with Crippen molar-refractivity contribution < 1.29 is 4.74 Å². The van der Waals surface area contributed by atoms with E-state index < -0.39 is 0 Å². The third kappa shape index (κ3) is 3.43. The quantitative estimate of drug-likeness (QED) is 0.755. The molecule has 0 N–H and O–H groups in total. The first-order chi connectivity index (χ1) is 8.33. The molecule has 1 heterocycles. The highest BCUT2D eigenvalue weighted by molar-refractivity contribution is 4.90. The van der Waals surface area contributed by atoms with Crippen molar-refractivity contribution in [1.29, 1.82) is 5.26 Å². The van der Waals surface area contributed by atoms with Crippen LogP contribution in [0.5, 0.6) is 0 Å². The third-order valence-corrected chi connectivity index (χ3v) is 4.27. The van der Waals surface area contributed by atoms with Gasteiger partial charge in [-0.2, -0.15) is 5.26 Å². The fraction of sp³-hybridized carbons (Fsp3) is 0.929. The molecule has 1 aliphatic carbocycles. The Morgan fingerprint density at radius 3 is 2.29 bits per heavy atom. The van der Waals surface area contributed by atoms with E-state index in [0.717, 1.165) is 25.5 Å². The molecule has 0 bridgehead atoms. The minimum Gasteiger partial charge on any atom is -0.378 e. The van der Waals surface area contributed by atoms with Crippen LogP contribution in [0.15, 0.2) is 0 Å². The Balaban J connectivity index is 1.72. The van der Waals surface area contributed by atoms with E-state index in [1.165, 1.54) is 38.8 Å². The average Bonchev–Trinajstić information content (AvgIpc) is 2.40. The maximum absolute atomic E-state index is 8.90. The standard InChI is InChI=1S/C14H24N2O/c1-2-17-14-7-9-16(10-8-14)13-5-3-12(11-15)4-6-13/h12-14H,2-10H2,1H3. The van der Waals surface area contributed by atoms with Crippen LogP contribution in [0, 0.1) is 17.2 Å². The molecule has 0 aromatic carbocycles. The number of rotatable bonds is 3. The van der Waals surface area contributed by atoms with Gasteiger partial charge in [-0.15, -0.1) is 0 Å². The van der Waals surface area contributed by atoms with Crippen LogP contribution in [0.1, 0.15) is 45.4 Å². The summed E-state index contributed by atoms with van der Waals surface area (Å²) in [5.74, 6) is 0.326. The van der Waals surface area contributed by atoms with E-state index in [2.05, 4.69) is 17.9 Å². The fourth-order valence-corrected chi connectivity index (χ4v) is 3.21. The molecule has 2 rings (SSSR count). The Morgan fingerprint density at radius 2 is 1.76 bits per heavy atom. The molecular weight excluding hydrogens is 212 g/mol. The minimum absolute atomic E-state index is 0.326. The first kappa shape index (κ1) is 12.9. The first-order valence-corrected chi connectivity index (χ1v) is 7.08. The highest BCUT2D eigenvalue weighted by Crippen LogP contribution is 2.29. The molecule has 96 valence electrons. The van der Waals surface area contributed by atoms with Gasteiger partial charge < -0.3 is 9.64 Å². The number of likely N-dealkylation sites (tertiary alicyclic amines) is 1. The summed E-state index contributed by atoms with van der Waals surface area (Å²) >= 11 is 0. The fourth-order valence-electron chi connectivity index (χ4n) is 3.21. The summed E-state index contributed by atoms with van der Waals surface area (Å²) in [6.07, 6.45) is 7.51. The molecule has 2 fully saturated rings. The Labute approximate surface area is 105 Å². The summed E-state index contributed by atoms with van der Waals surface area (Å²) in [5, 5.41) is 8.90. The lowest BCUT2D eigenvalue weighted by molar-refractivity contribution is -0.00141. The lowest BCUT2D eigenvalue weighted by atomic mass is 9.85. The van der Waals surface area contributed by atoms with Crippen LogP contribution in [0.4, 0.5) is 0 Å². The van der Waals surface area contributed by atoms with Gasteiger partial charge >= 0.3 is 0 Å². The molecule has 1 saturated carbocycles. The van der Waals surface area contributed by atoms with Gasteiger partial charge in [-0.05, 0) is 45.4 Å². The summed E-state index contributed by atoms with van der Waals surface area (Å²) in [4.78, 5) is 2.63. The Kier molecular flexibility index (Phi) is 4.82. The number of piperidine rings is 1. The SMILES string of the molecule is CCOC1CCN(C2CCC(C#N)CC2)CC1. The van der Waals surface area contributed by atoms with Gasteiger partial charge in [0.15, 0.2) is 0 Å². The lowest BCUT2D eigenvalue weighted by Crippen LogP contribution is -2.44. The van der Waals surface area contributed by atoms with E-state index in [-0.39, 0.29) is 0 Å². The molecule has 1 saturated heterocycles. The molecule has 0 amide bonds. The van der Waals surface area contributed by atoms with Crippen LogP contribution in [0.3, 0.4) is 0 Å². The molecule has 2 aliphatic rings. The van der Waals surface area contributed by atoms with E-state index in [0.29, 0.717) is 12.0 Å². The second-order valence-corrected chi connectivity index (χ2v) is 5.33. The van der Waals surface area contributed by atoms with Gasteiger partial charge in [0.1, 0.15) is 0 Å². The van der Waals surface area contributed by atoms with Gasteiger partial charge in [-0.1, -0.05) is 0 Å². The minimum atomic E-state index is 0.326. The maximum Gasteiger partial charge on any atom is 0.0655 e. The molecule has 3 heteroatoms. The summed E-state index contributed by atoms with van der Waals surface area (Å²) in [5.41, 5.74) is 0. The lowest BCUT2D eigenvalue weighted by Gasteiger charge is -2.39. The van der Waals surface area contributed by atoms with Gasteiger partial charge in [0.05, 0.1) is 12.2 Å².